The highest BCUT2D eigenvalue weighted by Gasteiger charge is 2.05. The lowest BCUT2D eigenvalue weighted by molar-refractivity contribution is 0.429. The lowest BCUT2D eigenvalue weighted by Gasteiger charge is -1.97. The molecule has 3 nitrogen and oxygen atoms in total. The first-order valence-electron chi connectivity index (χ1n) is 3.31. The van der Waals surface area contributed by atoms with Gasteiger partial charge >= 0.3 is 0 Å². The Morgan fingerprint density at radius 2 is 2.36 bits per heavy atom. The highest BCUT2D eigenvalue weighted by molar-refractivity contribution is 7.99. The maximum atomic E-state index is 5.15. The summed E-state index contributed by atoms with van der Waals surface area (Å²) in [7, 11) is 0. The summed E-state index contributed by atoms with van der Waals surface area (Å²) in [5.41, 5.74) is 0. The van der Waals surface area contributed by atoms with Crippen molar-refractivity contribution in [2.24, 2.45) is 0 Å². The molecule has 0 amide bonds. The van der Waals surface area contributed by atoms with Gasteiger partial charge in [-0.25, -0.2) is 0 Å². The van der Waals surface area contributed by atoms with Gasteiger partial charge in [0.2, 0.25) is 5.89 Å². The molecule has 1 rings (SSSR count). The Morgan fingerprint density at radius 3 is 2.82 bits per heavy atom. The van der Waals surface area contributed by atoms with E-state index in [-0.39, 0.29) is 0 Å². The van der Waals surface area contributed by atoms with Crippen molar-refractivity contribution in [2.75, 3.05) is 0 Å². The number of nitrogens with zero attached hydrogens (tertiary/aromatic N) is 2. The van der Waals surface area contributed by atoms with Gasteiger partial charge in [-0.05, 0) is 6.92 Å². The summed E-state index contributed by atoms with van der Waals surface area (Å²) < 4.78 is 5.15. The maximum Gasteiger partial charge on any atom is 0.277 e. The van der Waals surface area contributed by atoms with Gasteiger partial charge in [0.25, 0.3) is 5.22 Å². The minimum absolute atomic E-state index is 0.315. The van der Waals surface area contributed by atoms with E-state index in [1.54, 1.807) is 6.92 Å². The number of hydrogen-bond acceptors (Lipinski definition) is 4. The van der Waals surface area contributed by atoms with Crippen LogP contribution in [0, 0.1) is 6.92 Å². The maximum absolute atomic E-state index is 5.15. The average Bonchev–Trinajstić information content (AvgIpc) is 2.35. The van der Waals surface area contributed by atoms with Crippen LogP contribution in [0.4, 0.5) is 0 Å². The van der Waals surface area contributed by atoms with Crippen LogP contribution in [-0.4, -0.2) is 15.4 Å². The Balaban J connectivity index is 2.57. The van der Waals surface area contributed by atoms with Crippen molar-refractivity contribution in [2.45, 2.75) is 24.3 Å². The fraction of sp³-hybridized carbons (Fsp3) is 0.429. The molecule has 1 unspecified atom stereocenters. The van der Waals surface area contributed by atoms with Crippen molar-refractivity contribution in [1.82, 2.24) is 10.2 Å². The third kappa shape index (κ3) is 2.38. The molecule has 60 valence electrons. The molecule has 0 fully saturated rings. The largest absolute Gasteiger partial charge is 0.416 e. The molecule has 11 heavy (non-hydrogen) atoms. The van der Waals surface area contributed by atoms with Crippen LogP contribution >= 0.6 is 11.8 Å². The van der Waals surface area contributed by atoms with E-state index in [1.165, 1.54) is 11.8 Å². The Labute approximate surface area is 69.9 Å². The number of aryl methyl sites for hydroxylation is 1. The lowest BCUT2D eigenvalue weighted by atomic mass is 10.5. The average molecular weight is 170 g/mol. The minimum atomic E-state index is 0.315. The molecular weight excluding hydrogens is 160 g/mol. The van der Waals surface area contributed by atoms with Gasteiger partial charge in [0.15, 0.2) is 0 Å². The lowest BCUT2D eigenvalue weighted by Crippen LogP contribution is -1.87. The van der Waals surface area contributed by atoms with Crippen molar-refractivity contribution in [3.05, 3.63) is 18.5 Å². The van der Waals surface area contributed by atoms with Gasteiger partial charge in [-0.3, -0.25) is 0 Å². The van der Waals surface area contributed by atoms with Crippen LogP contribution < -0.4 is 0 Å². The molecule has 4 heteroatoms. The summed E-state index contributed by atoms with van der Waals surface area (Å²) in [6.07, 6.45) is 1.84. The summed E-state index contributed by atoms with van der Waals surface area (Å²) in [6.45, 7) is 7.45. The SMILES string of the molecule is C=CC(C)Sc1nnc(C)o1. The van der Waals surface area contributed by atoms with Crippen molar-refractivity contribution in [1.29, 1.82) is 0 Å². The molecule has 0 aromatic carbocycles. The Bertz CT molecular complexity index is 246. The third-order valence-electron chi connectivity index (χ3n) is 1.13. The molecule has 1 heterocycles. The molecule has 1 aromatic rings. The molecule has 0 spiro atoms. The van der Waals surface area contributed by atoms with Crippen LogP contribution in [0.3, 0.4) is 0 Å². The van der Waals surface area contributed by atoms with Gasteiger partial charge in [0, 0.05) is 12.2 Å². The van der Waals surface area contributed by atoms with Crippen molar-refractivity contribution >= 4 is 11.8 Å². The normalized spacial score (nSPS) is 12.9. The Hall–Kier alpha value is -0.770. The molecule has 0 aliphatic carbocycles. The number of thioether (sulfide) groups is 1. The second-order valence-corrected chi connectivity index (χ2v) is 3.47. The predicted molar refractivity (Wildman–Crippen MR) is 44.6 cm³/mol. The van der Waals surface area contributed by atoms with E-state index >= 15 is 0 Å². The van der Waals surface area contributed by atoms with Crippen LogP contribution in [0.5, 0.6) is 0 Å². The zero-order valence-electron chi connectivity index (χ0n) is 6.57. The van der Waals surface area contributed by atoms with Crippen LogP contribution in [0.1, 0.15) is 12.8 Å². The topological polar surface area (TPSA) is 38.9 Å². The fourth-order valence-electron chi connectivity index (χ4n) is 0.533. The highest BCUT2D eigenvalue weighted by Crippen LogP contribution is 2.21. The monoisotopic (exact) mass is 170 g/mol. The number of rotatable bonds is 3. The number of hydrogen-bond donors (Lipinski definition) is 0. The first-order chi connectivity index (χ1) is 5.22. The van der Waals surface area contributed by atoms with Crippen LogP contribution in [0.2, 0.25) is 0 Å². The molecule has 0 aliphatic heterocycles. The van der Waals surface area contributed by atoms with Crippen LogP contribution in [0.25, 0.3) is 0 Å². The predicted octanol–water partition coefficient (Wildman–Crippen LogP) is 2.04. The summed E-state index contributed by atoms with van der Waals surface area (Å²) in [5.74, 6) is 0.601. The highest BCUT2D eigenvalue weighted by atomic mass is 32.2. The van der Waals surface area contributed by atoms with E-state index in [9.17, 15) is 0 Å². The number of aromatic nitrogens is 2. The van der Waals surface area contributed by atoms with Gasteiger partial charge in [-0.15, -0.1) is 16.8 Å². The van der Waals surface area contributed by atoms with E-state index in [4.69, 9.17) is 4.42 Å². The smallest absolute Gasteiger partial charge is 0.277 e. The summed E-state index contributed by atoms with van der Waals surface area (Å²) in [6, 6.07) is 0. The third-order valence-corrected chi connectivity index (χ3v) is 2.06. The van der Waals surface area contributed by atoms with Gasteiger partial charge in [0.05, 0.1) is 0 Å². The van der Waals surface area contributed by atoms with Crippen molar-refractivity contribution in [3.63, 3.8) is 0 Å². The zero-order chi connectivity index (χ0) is 8.27. The van der Waals surface area contributed by atoms with E-state index in [0.717, 1.165) is 0 Å². The van der Waals surface area contributed by atoms with Gasteiger partial charge in [-0.2, -0.15) is 0 Å². The Morgan fingerprint density at radius 1 is 1.64 bits per heavy atom. The molecule has 0 saturated carbocycles. The fourth-order valence-corrected chi connectivity index (χ4v) is 1.20. The molecular formula is C7H10N2OS. The minimum Gasteiger partial charge on any atom is -0.416 e. The van der Waals surface area contributed by atoms with Crippen LogP contribution in [0.15, 0.2) is 22.3 Å². The summed E-state index contributed by atoms with van der Waals surface area (Å²) >= 11 is 1.51. The summed E-state index contributed by atoms with van der Waals surface area (Å²) in [5, 5.41) is 8.46. The van der Waals surface area contributed by atoms with E-state index in [1.807, 2.05) is 13.0 Å². The second kappa shape index (κ2) is 3.57. The van der Waals surface area contributed by atoms with Gasteiger partial charge < -0.3 is 4.42 Å². The molecule has 0 radical (unpaired) electrons. The van der Waals surface area contributed by atoms with Crippen LogP contribution in [-0.2, 0) is 0 Å². The molecule has 0 bridgehead atoms. The molecule has 0 saturated heterocycles. The van der Waals surface area contributed by atoms with Gasteiger partial charge in [0.1, 0.15) is 0 Å². The first-order valence-corrected chi connectivity index (χ1v) is 4.19. The Kier molecular flexibility index (Phi) is 2.70. The van der Waals surface area contributed by atoms with Crippen molar-refractivity contribution in [3.8, 4) is 0 Å². The van der Waals surface area contributed by atoms with E-state index in [2.05, 4.69) is 16.8 Å². The van der Waals surface area contributed by atoms with E-state index < -0.39 is 0 Å². The molecule has 1 atom stereocenters. The molecule has 0 aliphatic rings. The molecule has 1 aromatic heterocycles. The first kappa shape index (κ1) is 8.33. The quantitative estimate of drug-likeness (QED) is 0.514. The van der Waals surface area contributed by atoms with Gasteiger partial charge in [-0.1, -0.05) is 17.8 Å². The second-order valence-electron chi connectivity index (χ2n) is 2.15. The zero-order valence-corrected chi connectivity index (χ0v) is 7.39. The van der Waals surface area contributed by atoms with Crippen molar-refractivity contribution < 1.29 is 4.42 Å². The summed E-state index contributed by atoms with van der Waals surface area (Å²) in [4.78, 5) is 0. The molecule has 0 N–H and O–H groups in total. The van der Waals surface area contributed by atoms with E-state index in [0.29, 0.717) is 16.4 Å². The standard InChI is InChI=1S/C7H10N2OS/c1-4-5(2)11-7-9-8-6(3)10-7/h4-5H,1H2,2-3H3.